The molecule has 1 aromatic heterocycles. The minimum atomic E-state index is -4.82. The normalized spacial score (nSPS) is 23.6. The van der Waals surface area contributed by atoms with E-state index in [1.807, 2.05) is 6.92 Å². The highest BCUT2D eigenvalue weighted by molar-refractivity contribution is 7.44. The van der Waals surface area contributed by atoms with Crippen molar-refractivity contribution in [3.8, 4) is 5.75 Å². The van der Waals surface area contributed by atoms with E-state index in [-0.39, 0.29) is 30.5 Å². The van der Waals surface area contributed by atoms with Gasteiger partial charge in [0.15, 0.2) is 18.3 Å². The second-order valence-electron chi connectivity index (χ2n) is 10.3. The van der Waals surface area contributed by atoms with Crippen molar-refractivity contribution < 1.29 is 32.5 Å². The molecular formula is C25H39FN7O5P. The largest absolute Gasteiger partial charge is 0.756 e. The molecule has 0 bridgehead atoms. The van der Waals surface area contributed by atoms with Crippen molar-refractivity contribution in [1.82, 2.24) is 15.0 Å². The molecule has 4 rings (SSSR count). The maximum Gasteiger partial charge on any atom is 0.269 e. The van der Waals surface area contributed by atoms with Crippen LogP contribution < -0.4 is 25.6 Å². The summed E-state index contributed by atoms with van der Waals surface area (Å²) in [6, 6.07) is 4.81. The van der Waals surface area contributed by atoms with Crippen LogP contribution in [0.1, 0.15) is 58.3 Å². The first-order chi connectivity index (χ1) is 18.7. The molecule has 14 heteroatoms. The Labute approximate surface area is 228 Å². The fraction of sp³-hybridized carbons (Fsp3) is 0.640. The van der Waals surface area contributed by atoms with E-state index in [0.29, 0.717) is 35.2 Å². The summed E-state index contributed by atoms with van der Waals surface area (Å²) in [7, 11) is -3.41. The van der Waals surface area contributed by atoms with Gasteiger partial charge in [-0.1, -0.05) is 25.7 Å². The maximum atomic E-state index is 14.3. The third kappa shape index (κ3) is 8.21. The van der Waals surface area contributed by atoms with E-state index in [2.05, 4.69) is 30.9 Å². The molecule has 4 N–H and O–H groups in total. The Hall–Kier alpha value is -2.57. The zero-order valence-corrected chi connectivity index (χ0v) is 23.5. The molecule has 1 aliphatic heterocycles. The number of phosphoric acid groups is 1. The molecule has 1 aliphatic carbocycles. The van der Waals surface area contributed by atoms with Gasteiger partial charge in [0.1, 0.15) is 6.04 Å². The quantitative estimate of drug-likeness (QED) is 0.168. The lowest BCUT2D eigenvalue weighted by Gasteiger charge is -2.39. The lowest BCUT2D eigenvalue weighted by molar-refractivity contribution is -0.950. The number of methoxy groups -OCH3 is 1. The van der Waals surface area contributed by atoms with Gasteiger partial charge >= 0.3 is 0 Å². The molecule has 216 valence electrons. The Kier molecular flexibility index (Phi) is 9.95. The number of likely N-dealkylation sites (tertiary alicyclic amines) is 1. The standard InChI is InChI=1S/C25H39FN7O5P/c1-3-33(17-38-39(34,35)36)14-8-11-20(33)16-27-23-30-24(28-18-9-6-4-5-7-10-18)32-25(31-23)29-19-12-13-22(37-2)21(26)15-19/h12-13,15,18,20H,3-11,14,16-17H2,1-2H3,(H4-,27,28,29,30,31,32,34,35,36). The number of nitrogens with one attached hydrogen (secondary N) is 3. The Morgan fingerprint density at radius 2 is 1.82 bits per heavy atom. The van der Waals surface area contributed by atoms with Crippen molar-refractivity contribution in [2.24, 2.45) is 0 Å². The first-order valence-electron chi connectivity index (χ1n) is 13.6. The van der Waals surface area contributed by atoms with Crippen molar-refractivity contribution in [1.29, 1.82) is 0 Å². The van der Waals surface area contributed by atoms with Crippen LogP contribution in [0.2, 0.25) is 0 Å². The summed E-state index contributed by atoms with van der Waals surface area (Å²) in [6.45, 7) is 3.71. The monoisotopic (exact) mass is 567 g/mol. The van der Waals surface area contributed by atoms with Crippen LogP contribution in [0.4, 0.5) is 27.9 Å². The maximum absolute atomic E-state index is 14.3. The lowest BCUT2D eigenvalue weighted by Crippen LogP contribution is -2.55. The third-order valence-corrected chi connectivity index (χ3v) is 8.19. The minimum absolute atomic E-state index is 0.0312. The summed E-state index contributed by atoms with van der Waals surface area (Å²) in [5, 5.41) is 9.82. The van der Waals surface area contributed by atoms with Crippen LogP contribution in [0.25, 0.3) is 0 Å². The first-order valence-corrected chi connectivity index (χ1v) is 15.1. The second kappa shape index (κ2) is 13.2. The number of quaternary nitrogens is 1. The van der Waals surface area contributed by atoms with E-state index in [1.54, 1.807) is 6.07 Å². The highest BCUT2D eigenvalue weighted by Crippen LogP contribution is 2.35. The highest BCUT2D eigenvalue weighted by atomic mass is 31.2. The molecule has 0 amide bonds. The smallest absolute Gasteiger partial charge is 0.269 e. The number of aromatic nitrogens is 3. The Balaban J connectivity index is 1.53. The van der Waals surface area contributed by atoms with Crippen LogP contribution in [-0.4, -0.2) is 69.9 Å². The zero-order valence-electron chi connectivity index (χ0n) is 22.6. The summed E-state index contributed by atoms with van der Waals surface area (Å²) in [5.41, 5.74) is 0.464. The molecule has 0 spiro atoms. The van der Waals surface area contributed by atoms with Gasteiger partial charge in [0.05, 0.1) is 26.7 Å². The van der Waals surface area contributed by atoms with Crippen LogP contribution >= 0.6 is 7.82 Å². The number of hydrogen-bond donors (Lipinski definition) is 4. The molecule has 0 radical (unpaired) electrons. The molecule has 1 saturated heterocycles. The van der Waals surface area contributed by atoms with Crippen molar-refractivity contribution in [3.05, 3.63) is 24.0 Å². The summed E-state index contributed by atoms with van der Waals surface area (Å²) in [4.78, 5) is 34.1. The van der Waals surface area contributed by atoms with Gasteiger partial charge in [-0.2, -0.15) is 15.0 Å². The number of hydrogen-bond acceptors (Lipinski definition) is 10. The van der Waals surface area contributed by atoms with Crippen molar-refractivity contribution in [2.45, 2.75) is 70.4 Å². The van der Waals surface area contributed by atoms with E-state index in [4.69, 9.17) is 14.2 Å². The summed E-state index contributed by atoms with van der Waals surface area (Å²) < 4.78 is 35.8. The van der Waals surface area contributed by atoms with Crippen molar-refractivity contribution in [2.75, 3.05) is 49.4 Å². The van der Waals surface area contributed by atoms with Gasteiger partial charge in [0, 0.05) is 30.6 Å². The number of phosphoric ester groups is 1. The number of ether oxygens (including phenoxy) is 1. The van der Waals surface area contributed by atoms with Gasteiger partial charge in [-0.15, -0.1) is 0 Å². The van der Waals surface area contributed by atoms with Crippen LogP contribution in [0.3, 0.4) is 0 Å². The Morgan fingerprint density at radius 1 is 1.10 bits per heavy atom. The average molecular weight is 568 g/mol. The average Bonchev–Trinajstić information content (AvgIpc) is 3.13. The number of halogens is 1. The van der Waals surface area contributed by atoms with Crippen LogP contribution in [0, 0.1) is 5.82 Å². The van der Waals surface area contributed by atoms with E-state index in [0.717, 1.165) is 45.1 Å². The number of rotatable bonds is 12. The van der Waals surface area contributed by atoms with Gasteiger partial charge in [-0.3, -0.25) is 13.6 Å². The summed E-state index contributed by atoms with van der Waals surface area (Å²) >= 11 is 0. The number of likely N-dealkylation sites (N-methyl/N-ethyl adjacent to an activating group) is 1. The van der Waals surface area contributed by atoms with E-state index < -0.39 is 13.6 Å². The Morgan fingerprint density at radius 3 is 2.49 bits per heavy atom. The van der Waals surface area contributed by atoms with Crippen LogP contribution in [0.5, 0.6) is 5.75 Å². The third-order valence-electron chi connectivity index (χ3n) is 7.75. The van der Waals surface area contributed by atoms with Gasteiger partial charge in [-0.25, -0.2) is 4.39 Å². The predicted octanol–water partition coefficient (Wildman–Crippen LogP) is 3.74. The molecule has 2 fully saturated rings. The van der Waals surface area contributed by atoms with Gasteiger partial charge in [-0.05, 0) is 31.9 Å². The van der Waals surface area contributed by atoms with Crippen LogP contribution in [-0.2, 0) is 9.09 Å². The van der Waals surface area contributed by atoms with Crippen LogP contribution in [0.15, 0.2) is 18.2 Å². The van der Waals surface area contributed by atoms with E-state index >= 15 is 0 Å². The van der Waals surface area contributed by atoms with Crippen molar-refractivity contribution >= 4 is 31.4 Å². The van der Waals surface area contributed by atoms with E-state index in [1.165, 1.54) is 32.1 Å². The lowest BCUT2D eigenvalue weighted by atomic mass is 10.1. The number of nitrogens with zero attached hydrogens (tertiary/aromatic N) is 4. The minimum Gasteiger partial charge on any atom is -0.756 e. The summed E-state index contributed by atoms with van der Waals surface area (Å²) in [5.74, 6) is 0.661. The van der Waals surface area contributed by atoms with Gasteiger partial charge in [0.25, 0.3) is 7.82 Å². The fourth-order valence-corrected chi connectivity index (χ4v) is 5.90. The van der Waals surface area contributed by atoms with Gasteiger partial charge in [0.2, 0.25) is 17.8 Å². The van der Waals surface area contributed by atoms with Gasteiger partial charge < -0.3 is 30.5 Å². The second-order valence-corrected chi connectivity index (χ2v) is 11.5. The topological polar surface area (TPSA) is 154 Å². The molecular weight excluding hydrogens is 528 g/mol. The molecule has 1 aromatic carbocycles. The molecule has 1 saturated carbocycles. The molecule has 2 aliphatic rings. The Bertz CT molecular complexity index is 1150. The molecule has 3 unspecified atom stereocenters. The highest BCUT2D eigenvalue weighted by Gasteiger charge is 2.41. The molecule has 2 heterocycles. The fourth-order valence-electron chi connectivity index (χ4n) is 5.52. The molecule has 3 atom stereocenters. The zero-order chi connectivity index (χ0) is 27.9. The molecule has 39 heavy (non-hydrogen) atoms. The summed E-state index contributed by atoms with van der Waals surface area (Å²) in [6.07, 6.45) is 8.57. The predicted molar refractivity (Wildman–Crippen MR) is 144 cm³/mol. The first kappa shape index (κ1) is 29.4. The molecule has 2 aromatic rings. The number of benzene rings is 1. The molecule has 12 nitrogen and oxygen atoms in total. The van der Waals surface area contributed by atoms with Crippen molar-refractivity contribution in [3.63, 3.8) is 0 Å². The van der Waals surface area contributed by atoms with E-state index in [9.17, 15) is 13.8 Å². The SMILES string of the molecule is CC[N+]1(COP(=O)([O-])O)CCCC1CNc1nc(Nc2ccc(OC)c(F)c2)nc(NC2CCCCCC2)n1. The number of anilines is 4.